The molecular weight excluding hydrogens is 186 g/mol. The fraction of sp³-hybridized carbons (Fsp3) is 0.462. The van der Waals surface area contributed by atoms with E-state index in [1.54, 1.807) is 4.90 Å². The van der Waals surface area contributed by atoms with Crippen LogP contribution in [0.25, 0.3) is 0 Å². The van der Waals surface area contributed by atoms with Gasteiger partial charge in [0.1, 0.15) is 0 Å². The lowest BCUT2D eigenvalue weighted by Crippen LogP contribution is -2.36. The van der Waals surface area contributed by atoms with Crippen molar-refractivity contribution >= 4 is 11.6 Å². The first-order chi connectivity index (χ1) is 6.82. The predicted octanol–water partition coefficient (Wildman–Crippen LogP) is 3.00. The van der Waals surface area contributed by atoms with Gasteiger partial charge >= 0.3 is 0 Å². The normalized spacial score (nSPS) is 11.3. The molecule has 0 aliphatic heterocycles. The van der Waals surface area contributed by atoms with Crippen molar-refractivity contribution in [2.24, 2.45) is 5.41 Å². The van der Waals surface area contributed by atoms with E-state index in [0.29, 0.717) is 0 Å². The lowest BCUT2D eigenvalue weighted by molar-refractivity contribution is -0.125. The minimum Gasteiger partial charge on any atom is -0.315 e. The van der Waals surface area contributed by atoms with Gasteiger partial charge in [0.25, 0.3) is 0 Å². The summed E-state index contributed by atoms with van der Waals surface area (Å²) in [5.74, 6) is 0.133. The Kier molecular flexibility index (Phi) is 3.18. The first kappa shape index (κ1) is 11.8. The van der Waals surface area contributed by atoms with Crippen LogP contribution in [0.3, 0.4) is 0 Å². The maximum atomic E-state index is 12.0. The van der Waals surface area contributed by atoms with Crippen LogP contribution in [0.15, 0.2) is 24.3 Å². The fourth-order valence-corrected chi connectivity index (χ4v) is 1.46. The Labute approximate surface area is 91.9 Å². The minimum absolute atomic E-state index is 0.133. The maximum Gasteiger partial charge on any atom is 0.232 e. The summed E-state index contributed by atoms with van der Waals surface area (Å²) in [6.45, 7) is 7.82. The van der Waals surface area contributed by atoms with Crippen LogP contribution in [0, 0.1) is 12.3 Å². The van der Waals surface area contributed by atoms with Gasteiger partial charge in [0.15, 0.2) is 0 Å². The molecule has 2 nitrogen and oxygen atoms in total. The van der Waals surface area contributed by atoms with Gasteiger partial charge in [-0.05, 0) is 24.6 Å². The van der Waals surface area contributed by atoms with Crippen LogP contribution in [-0.2, 0) is 4.79 Å². The number of rotatable bonds is 1. The van der Waals surface area contributed by atoms with Crippen molar-refractivity contribution in [3.8, 4) is 0 Å². The first-order valence-corrected chi connectivity index (χ1v) is 5.17. The molecule has 0 aliphatic rings. The van der Waals surface area contributed by atoms with Crippen molar-refractivity contribution in [3.05, 3.63) is 29.8 Å². The smallest absolute Gasteiger partial charge is 0.232 e. The first-order valence-electron chi connectivity index (χ1n) is 5.17. The van der Waals surface area contributed by atoms with Gasteiger partial charge in [-0.25, -0.2) is 0 Å². The highest BCUT2D eigenvalue weighted by Crippen LogP contribution is 2.22. The molecule has 0 aromatic heterocycles. The summed E-state index contributed by atoms with van der Waals surface area (Å²) < 4.78 is 0. The van der Waals surface area contributed by atoms with Gasteiger partial charge in [0.2, 0.25) is 5.91 Å². The number of hydrogen-bond acceptors (Lipinski definition) is 1. The SMILES string of the molecule is Cc1cccc(N(C)C(=O)C(C)(C)C)c1. The van der Waals surface area contributed by atoms with E-state index < -0.39 is 0 Å². The highest BCUT2D eigenvalue weighted by atomic mass is 16.2. The summed E-state index contributed by atoms with van der Waals surface area (Å²) in [4.78, 5) is 13.7. The molecule has 0 heterocycles. The van der Waals surface area contributed by atoms with Crippen LogP contribution in [-0.4, -0.2) is 13.0 Å². The van der Waals surface area contributed by atoms with E-state index in [-0.39, 0.29) is 11.3 Å². The van der Waals surface area contributed by atoms with Crippen LogP contribution >= 0.6 is 0 Å². The molecule has 82 valence electrons. The third-order valence-corrected chi connectivity index (χ3v) is 2.34. The van der Waals surface area contributed by atoms with Gasteiger partial charge in [-0.1, -0.05) is 32.9 Å². The summed E-state index contributed by atoms with van der Waals surface area (Å²) in [6.07, 6.45) is 0. The lowest BCUT2D eigenvalue weighted by Gasteiger charge is -2.26. The number of benzene rings is 1. The largest absolute Gasteiger partial charge is 0.315 e. The third-order valence-electron chi connectivity index (χ3n) is 2.34. The molecule has 0 spiro atoms. The Morgan fingerprint density at radius 2 is 1.87 bits per heavy atom. The Hall–Kier alpha value is -1.31. The lowest BCUT2D eigenvalue weighted by atomic mass is 9.94. The molecule has 0 N–H and O–H groups in total. The average molecular weight is 205 g/mol. The number of anilines is 1. The van der Waals surface area contributed by atoms with Crippen molar-refractivity contribution in [2.45, 2.75) is 27.7 Å². The van der Waals surface area contributed by atoms with Gasteiger partial charge in [0.05, 0.1) is 0 Å². The van der Waals surface area contributed by atoms with E-state index in [1.165, 1.54) is 5.56 Å². The van der Waals surface area contributed by atoms with E-state index in [9.17, 15) is 4.79 Å². The third kappa shape index (κ3) is 2.82. The van der Waals surface area contributed by atoms with Crippen molar-refractivity contribution in [1.29, 1.82) is 0 Å². The zero-order chi connectivity index (χ0) is 11.6. The topological polar surface area (TPSA) is 20.3 Å². The predicted molar refractivity (Wildman–Crippen MR) is 64.0 cm³/mol. The zero-order valence-corrected chi connectivity index (χ0v) is 10.2. The Balaban J connectivity index is 2.95. The molecule has 0 radical (unpaired) electrons. The molecule has 15 heavy (non-hydrogen) atoms. The van der Waals surface area contributed by atoms with Crippen LogP contribution in [0.4, 0.5) is 5.69 Å². The Morgan fingerprint density at radius 1 is 1.27 bits per heavy atom. The second-order valence-corrected chi connectivity index (χ2v) is 4.95. The molecule has 0 unspecified atom stereocenters. The molecule has 0 aliphatic carbocycles. The van der Waals surface area contributed by atoms with Crippen molar-refractivity contribution in [3.63, 3.8) is 0 Å². The van der Waals surface area contributed by atoms with Gasteiger partial charge in [0, 0.05) is 18.2 Å². The van der Waals surface area contributed by atoms with Crippen LogP contribution in [0.5, 0.6) is 0 Å². The molecule has 0 saturated heterocycles. The standard InChI is InChI=1S/C13H19NO/c1-10-7-6-8-11(9-10)14(5)12(15)13(2,3)4/h6-9H,1-5H3. The molecular formula is C13H19NO. The zero-order valence-electron chi connectivity index (χ0n) is 10.2. The fourth-order valence-electron chi connectivity index (χ4n) is 1.46. The molecule has 1 aromatic carbocycles. The van der Waals surface area contributed by atoms with Gasteiger partial charge in [-0.2, -0.15) is 0 Å². The molecule has 0 atom stereocenters. The number of aryl methyl sites for hydroxylation is 1. The van der Waals surface area contributed by atoms with E-state index in [2.05, 4.69) is 0 Å². The molecule has 1 amide bonds. The Bertz CT molecular complexity index is 363. The maximum absolute atomic E-state index is 12.0. The van der Waals surface area contributed by atoms with Crippen molar-refractivity contribution in [1.82, 2.24) is 0 Å². The molecule has 2 heteroatoms. The summed E-state index contributed by atoms with van der Waals surface area (Å²) in [5, 5.41) is 0. The van der Waals surface area contributed by atoms with Crippen LogP contribution < -0.4 is 4.90 Å². The number of amides is 1. The second kappa shape index (κ2) is 4.05. The minimum atomic E-state index is -0.335. The molecule has 1 aromatic rings. The highest BCUT2D eigenvalue weighted by molar-refractivity contribution is 5.96. The molecule has 0 saturated carbocycles. The van der Waals surface area contributed by atoms with Gasteiger partial charge in [-0.15, -0.1) is 0 Å². The monoisotopic (exact) mass is 205 g/mol. The van der Waals surface area contributed by atoms with E-state index in [1.807, 2.05) is 59.0 Å². The average Bonchev–Trinajstić information content (AvgIpc) is 2.14. The summed E-state index contributed by atoms with van der Waals surface area (Å²) in [7, 11) is 1.82. The number of carbonyl (C=O) groups is 1. The molecule has 0 bridgehead atoms. The van der Waals surface area contributed by atoms with Crippen molar-refractivity contribution < 1.29 is 4.79 Å². The van der Waals surface area contributed by atoms with E-state index in [4.69, 9.17) is 0 Å². The summed E-state index contributed by atoms with van der Waals surface area (Å²) in [6, 6.07) is 7.97. The van der Waals surface area contributed by atoms with Crippen LogP contribution in [0.1, 0.15) is 26.3 Å². The number of carbonyl (C=O) groups excluding carboxylic acids is 1. The van der Waals surface area contributed by atoms with E-state index >= 15 is 0 Å². The molecule has 1 rings (SSSR count). The van der Waals surface area contributed by atoms with Crippen LogP contribution in [0.2, 0.25) is 0 Å². The highest BCUT2D eigenvalue weighted by Gasteiger charge is 2.25. The molecule has 0 fully saturated rings. The summed E-state index contributed by atoms with van der Waals surface area (Å²) >= 11 is 0. The number of hydrogen-bond donors (Lipinski definition) is 0. The van der Waals surface area contributed by atoms with Crippen molar-refractivity contribution in [2.75, 3.05) is 11.9 Å². The van der Waals surface area contributed by atoms with E-state index in [0.717, 1.165) is 5.69 Å². The van der Waals surface area contributed by atoms with Gasteiger partial charge < -0.3 is 4.90 Å². The number of nitrogens with zero attached hydrogens (tertiary/aromatic N) is 1. The van der Waals surface area contributed by atoms with Gasteiger partial charge in [-0.3, -0.25) is 4.79 Å². The second-order valence-electron chi connectivity index (χ2n) is 4.95. The Morgan fingerprint density at radius 3 is 2.33 bits per heavy atom. The quantitative estimate of drug-likeness (QED) is 0.690. The summed E-state index contributed by atoms with van der Waals surface area (Å²) in [5.41, 5.74) is 1.79.